The van der Waals surface area contributed by atoms with E-state index in [0.29, 0.717) is 6.61 Å². The van der Waals surface area contributed by atoms with Gasteiger partial charge < -0.3 is 14.8 Å². The summed E-state index contributed by atoms with van der Waals surface area (Å²) in [5.74, 6) is -0.195. The molecule has 1 N–H and O–H groups in total. The minimum absolute atomic E-state index is 0.198. The first-order valence-electron chi connectivity index (χ1n) is 7.17. The maximum absolute atomic E-state index is 11.8. The third kappa shape index (κ3) is 6.45. The number of carbonyl (C=O) groups excluding carboxylic acids is 1. The lowest BCUT2D eigenvalue weighted by Crippen LogP contribution is -2.28. The zero-order valence-corrected chi connectivity index (χ0v) is 13.3. The molecule has 1 rings (SSSR count). The Kier molecular flexibility index (Phi) is 6.96. The van der Waals surface area contributed by atoms with Crippen LogP contribution in [-0.2, 0) is 20.9 Å². The van der Waals surface area contributed by atoms with Gasteiger partial charge in [-0.2, -0.15) is 0 Å². The lowest BCUT2D eigenvalue weighted by Gasteiger charge is -2.22. The first kappa shape index (κ1) is 17.2. The Labute approximate surface area is 127 Å². The summed E-state index contributed by atoms with van der Waals surface area (Å²) in [6, 6.07) is 9.74. The average Bonchev–Trinajstić information content (AvgIpc) is 2.49. The highest BCUT2D eigenvalue weighted by Gasteiger charge is 2.20. The summed E-state index contributed by atoms with van der Waals surface area (Å²) in [6.45, 7) is 8.13. The Bertz CT molecular complexity index is 466. The van der Waals surface area contributed by atoms with Gasteiger partial charge >= 0.3 is 5.97 Å². The van der Waals surface area contributed by atoms with E-state index < -0.39 is 5.97 Å². The van der Waals surface area contributed by atoms with Gasteiger partial charge in [-0.15, -0.1) is 0 Å². The molecule has 0 fully saturated rings. The van der Waals surface area contributed by atoms with Crippen molar-refractivity contribution in [2.75, 3.05) is 20.2 Å². The van der Waals surface area contributed by atoms with Gasteiger partial charge in [0, 0.05) is 6.54 Å². The van der Waals surface area contributed by atoms with Gasteiger partial charge in [0.05, 0.1) is 7.11 Å². The molecule has 0 saturated heterocycles. The molecule has 1 aromatic carbocycles. The number of rotatable bonds is 8. The molecule has 0 aromatic heterocycles. The monoisotopic (exact) mass is 291 g/mol. The van der Waals surface area contributed by atoms with Gasteiger partial charge in [0.15, 0.2) is 0 Å². The number of benzene rings is 1. The van der Waals surface area contributed by atoms with E-state index in [1.54, 1.807) is 0 Å². The molecule has 1 aromatic rings. The number of hydrogen-bond donors (Lipinski definition) is 1. The highest BCUT2D eigenvalue weighted by molar-refractivity contribution is 5.86. The zero-order valence-electron chi connectivity index (χ0n) is 13.3. The molecule has 116 valence electrons. The molecule has 0 atom stereocenters. The predicted molar refractivity (Wildman–Crippen MR) is 83.7 cm³/mol. The summed E-state index contributed by atoms with van der Waals surface area (Å²) in [5, 5.41) is 3.27. The minimum atomic E-state index is -0.449. The fourth-order valence-electron chi connectivity index (χ4n) is 1.85. The summed E-state index contributed by atoms with van der Waals surface area (Å²) in [4.78, 5) is 11.8. The number of nitrogens with one attached hydrogen (secondary N) is 1. The Hall–Kier alpha value is -1.81. The molecule has 4 heteroatoms. The van der Waals surface area contributed by atoms with E-state index in [0.717, 1.165) is 18.7 Å². The van der Waals surface area contributed by atoms with E-state index >= 15 is 0 Å². The molecule has 0 bridgehead atoms. The summed E-state index contributed by atoms with van der Waals surface area (Å²) < 4.78 is 10.5. The minimum Gasteiger partial charge on any atom is -0.482 e. The third-order valence-electron chi connectivity index (χ3n) is 2.98. The first-order valence-corrected chi connectivity index (χ1v) is 7.17. The molecule has 4 nitrogen and oxygen atoms in total. The van der Waals surface area contributed by atoms with Crippen molar-refractivity contribution >= 4 is 5.97 Å². The highest BCUT2D eigenvalue weighted by atomic mass is 16.6. The van der Waals surface area contributed by atoms with E-state index in [-0.39, 0.29) is 11.2 Å². The molecule has 0 aliphatic heterocycles. The number of esters is 1. The van der Waals surface area contributed by atoms with Crippen molar-refractivity contribution in [3.8, 4) is 0 Å². The molecular formula is C17H25NO3. The maximum atomic E-state index is 11.8. The van der Waals surface area contributed by atoms with Crippen LogP contribution in [0.1, 0.15) is 26.3 Å². The van der Waals surface area contributed by atoms with Gasteiger partial charge in [-0.3, -0.25) is 0 Å². The molecule has 0 spiro atoms. The van der Waals surface area contributed by atoms with E-state index in [1.807, 2.05) is 57.2 Å². The van der Waals surface area contributed by atoms with Crippen LogP contribution in [0.3, 0.4) is 0 Å². The van der Waals surface area contributed by atoms with E-state index in [9.17, 15) is 4.79 Å². The second-order valence-corrected chi connectivity index (χ2v) is 5.54. The molecular weight excluding hydrogens is 266 g/mol. The van der Waals surface area contributed by atoms with Gasteiger partial charge in [-0.05, 0) is 23.6 Å². The van der Waals surface area contributed by atoms with Crippen LogP contribution in [-0.4, -0.2) is 26.2 Å². The van der Waals surface area contributed by atoms with Gasteiger partial charge in [-0.1, -0.05) is 51.1 Å². The lowest BCUT2D eigenvalue weighted by atomic mass is 9.92. The fraction of sp³-hybridized carbons (Fsp3) is 0.471. The van der Waals surface area contributed by atoms with Gasteiger partial charge in [0.2, 0.25) is 5.76 Å². The number of hydrogen-bond acceptors (Lipinski definition) is 4. The van der Waals surface area contributed by atoms with Crippen molar-refractivity contribution in [3.63, 3.8) is 0 Å². The summed E-state index contributed by atoms with van der Waals surface area (Å²) in [7, 11) is 1.36. The lowest BCUT2D eigenvalue weighted by molar-refractivity contribution is -0.140. The van der Waals surface area contributed by atoms with Crippen molar-refractivity contribution in [1.82, 2.24) is 5.32 Å². The summed E-state index contributed by atoms with van der Waals surface area (Å²) in [6.07, 6.45) is 1.82. The van der Waals surface area contributed by atoms with Crippen LogP contribution < -0.4 is 5.32 Å². The second-order valence-electron chi connectivity index (χ2n) is 5.54. The second kappa shape index (κ2) is 8.47. The maximum Gasteiger partial charge on any atom is 0.373 e. The van der Waals surface area contributed by atoms with Crippen LogP contribution in [0.25, 0.3) is 0 Å². The Morgan fingerprint density at radius 3 is 2.52 bits per heavy atom. The quantitative estimate of drug-likeness (QED) is 0.454. The fourth-order valence-corrected chi connectivity index (χ4v) is 1.85. The SMILES string of the molecule is CCNCC(C)(C)/C=C(\OCc1ccccc1)C(=O)OC. The van der Waals surface area contributed by atoms with Crippen LogP contribution in [0.2, 0.25) is 0 Å². The van der Waals surface area contributed by atoms with Crippen LogP contribution in [0.5, 0.6) is 0 Å². The topological polar surface area (TPSA) is 47.6 Å². The molecule has 0 radical (unpaired) electrons. The van der Waals surface area contributed by atoms with Crippen LogP contribution >= 0.6 is 0 Å². The van der Waals surface area contributed by atoms with E-state index in [1.165, 1.54) is 7.11 Å². The van der Waals surface area contributed by atoms with Crippen molar-refractivity contribution in [2.45, 2.75) is 27.4 Å². The van der Waals surface area contributed by atoms with E-state index in [2.05, 4.69) is 5.32 Å². The van der Waals surface area contributed by atoms with Crippen molar-refractivity contribution < 1.29 is 14.3 Å². The molecule has 0 saturated carbocycles. The number of carbonyl (C=O) groups is 1. The highest BCUT2D eigenvalue weighted by Crippen LogP contribution is 2.20. The van der Waals surface area contributed by atoms with Crippen LogP contribution in [0, 0.1) is 5.41 Å². The standard InChI is InChI=1S/C17H25NO3/c1-5-18-13-17(2,3)11-15(16(19)20-4)21-12-14-9-7-6-8-10-14/h6-11,18H,5,12-13H2,1-4H3/b15-11-. The summed E-state index contributed by atoms with van der Waals surface area (Å²) >= 11 is 0. The molecule has 0 unspecified atom stereocenters. The molecule has 0 aliphatic rings. The zero-order chi connectivity index (χ0) is 15.7. The predicted octanol–water partition coefficient (Wildman–Crippen LogP) is 2.90. The normalized spacial score (nSPS) is 12.1. The number of methoxy groups -OCH3 is 1. The van der Waals surface area contributed by atoms with Crippen LogP contribution in [0.4, 0.5) is 0 Å². The Morgan fingerprint density at radius 2 is 1.95 bits per heavy atom. The molecule has 21 heavy (non-hydrogen) atoms. The van der Waals surface area contributed by atoms with Crippen molar-refractivity contribution in [1.29, 1.82) is 0 Å². The summed E-state index contributed by atoms with van der Waals surface area (Å²) in [5.41, 5.74) is 0.813. The van der Waals surface area contributed by atoms with Gasteiger partial charge in [0.1, 0.15) is 6.61 Å². The van der Waals surface area contributed by atoms with Gasteiger partial charge in [-0.25, -0.2) is 4.79 Å². The number of ether oxygens (including phenoxy) is 2. The molecule has 0 amide bonds. The first-order chi connectivity index (χ1) is 9.98. The van der Waals surface area contributed by atoms with E-state index in [4.69, 9.17) is 9.47 Å². The Morgan fingerprint density at radius 1 is 1.29 bits per heavy atom. The smallest absolute Gasteiger partial charge is 0.373 e. The molecule has 0 heterocycles. The average molecular weight is 291 g/mol. The van der Waals surface area contributed by atoms with Crippen LogP contribution in [0.15, 0.2) is 42.2 Å². The Balaban J connectivity index is 2.78. The molecule has 0 aliphatic carbocycles. The van der Waals surface area contributed by atoms with Gasteiger partial charge in [0.25, 0.3) is 0 Å². The third-order valence-corrected chi connectivity index (χ3v) is 2.98. The largest absolute Gasteiger partial charge is 0.482 e. The van der Waals surface area contributed by atoms with Crippen molar-refractivity contribution in [2.24, 2.45) is 5.41 Å². The van der Waals surface area contributed by atoms with Crippen molar-refractivity contribution in [3.05, 3.63) is 47.7 Å².